The molecule has 0 spiro atoms. The minimum Gasteiger partial charge on any atom is -0.480 e. The van der Waals surface area contributed by atoms with Crippen LogP contribution in [0.4, 0.5) is 0 Å². The number of hydrogen-bond donors (Lipinski definition) is 5. The van der Waals surface area contributed by atoms with Crippen molar-refractivity contribution in [1.82, 2.24) is 16.0 Å². The van der Waals surface area contributed by atoms with Gasteiger partial charge in [0.25, 0.3) is 0 Å². The molecule has 0 saturated heterocycles. The van der Waals surface area contributed by atoms with Crippen molar-refractivity contribution in [3.05, 3.63) is 0 Å². The molecule has 9 heteroatoms. The van der Waals surface area contributed by atoms with Crippen molar-refractivity contribution in [2.45, 2.75) is 72.1 Å². The first-order valence-corrected chi connectivity index (χ1v) is 8.81. The van der Waals surface area contributed by atoms with E-state index in [1.165, 1.54) is 13.8 Å². The summed E-state index contributed by atoms with van der Waals surface area (Å²) in [6, 6.07) is -3.62. The number of carbonyl (C=O) groups is 4. The molecule has 0 aliphatic carbocycles. The van der Waals surface area contributed by atoms with Crippen LogP contribution in [-0.2, 0) is 19.2 Å². The average Bonchev–Trinajstić information content (AvgIpc) is 2.55. The normalized spacial score (nSPS) is 16.8. The number of carboxylic acid groups (broad SMARTS) is 1. The van der Waals surface area contributed by atoms with Gasteiger partial charge in [0.05, 0.1) is 6.04 Å². The molecule has 0 bridgehead atoms. The van der Waals surface area contributed by atoms with E-state index in [0.717, 1.165) is 0 Å². The number of hydrogen-bond acceptors (Lipinski definition) is 5. The topological polar surface area (TPSA) is 151 Å². The van der Waals surface area contributed by atoms with Crippen molar-refractivity contribution in [1.29, 1.82) is 0 Å². The van der Waals surface area contributed by atoms with Crippen LogP contribution in [0.5, 0.6) is 0 Å². The van der Waals surface area contributed by atoms with Gasteiger partial charge in [-0.3, -0.25) is 19.2 Å². The Morgan fingerprint density at radius 2 is 1.31 bits per heavy atom. The molecule has 3 amide bonds. The van der Waals surface area contributed by atoms with Crippen LogP contribution in [0.15, 0.2) is 0 Å². The highest BCUT2D eigenvalue weighted by Gasteiger charge is 2.32. The second-order valence-electron chi connectivity index (χ2n) is 6.96. The van der Waals surface area contributed by atoms with E-state index in [4.69, 9.17) is 10.8 Å². The molecule has 0 saturated carbocycles. The summed E-state index contributed by atoms with van der Waals surface area (Å²) >= 11 is 0. The van der Waals surface area contributed by atoms with Gasteiger partial charge in [-0.25, -0.2) is 0 Å². The van der Waals surface area contributed by atoms with Crippen molar-refractivity contribution < 1.29 is 24.3 Å². The van der Waals surface area contributed by atoms with Gasteiger partial charge in [-0.2, -0.15) is 0 Å². The molecule has 26 heavy (non-hydrogen) atoms. The van der Waals surface area contributed by atoms with Crippen LogP contribution in [0.1, 0.15) is 48.0 Å². The monoisotopic (exact) mass is 372 g/mol. The lowest BCUT2D eigenvalue weighted by Gasteiger charge is -2.28. The summed E-state index contributed by atoms with van der Waals surface area (Å²) in [6.45, 7) is 10.00. The molecule has 0 aromatic carbocycles. The third-order valence-electron chi connectivity index (χ3n) is 4.18. The Bertz CT molecular complexity index is 521. The quantitative estimate of drug-likeness (QED) is 0.352. The molecule has 0 aromatic heterocycles. The van der Waals surface area contributed by atoms with Crippen LogP contribution in [0.2, 0.25) is 0 Å². The summed E-state index contributed by atoms with van der Waals surface area (Å²) in [4.78, 5) is 47.8. The maximum Gasteiger partial charge on any atom is 0.325 e. The Hall–Kier alpha value is -2.16. The first-order valence-electron chi connectivity index (χ1n) is 8.81. The Kier molecular flexibility index (Phi) is 9.85. The zero-order chi connectivity index (χ0) is 20.6. The Morgan fingerprint density at radius 3 is 1.69 bits per heavy atom. The fourth-order valence-corrected chi connectivity index (χ4v) is 2.13. The van der Waals surface area contributed by atoms with Crippen LogP contribution in [0, 0.1) is 11.8 Å². The number of aliphatic carboxylic acids is 1. The molecule has 0 heterocycles. The van der Waals surface area contributed by atoms with E-state index in [9.17, 15) is 19.2 Å². The second kappa shape index (κ2) is 10.7. The Balaban J connectivity index is 5.26. The first kappa shape index (κ1) is 23.8. The van der Waals surface area contributed by atoms with E-state index in [-0.39, 0.29) is 11.8 Å². The molecule has 0 aliphatic heterocycles. The minimum absolute atomic E-state index is 0.175. The number of nitrogens with one attached hydrogen (secondary N) is 3. The van der Waals surface area contributed by atoms with Crippen molar-refractivity contribution >= 4 is 23.7 Å². The van der Waals surface area contributed by atoms with Crippen molar-refractivity contribution in [3.8, 4) is 0 Å². The molecule has 0 aliphatic rings. The minimum atomic E-state index is -1.17. The van der Waals surface area contributed by atoms with Crippen molar-refractivity contribution in [2.24, 2.45) is 17.6 Å². The van der Waals surface area contributed by atoms with Gasteiger partial charge in [-0.05, 0) is 25.7 Å². The van der Waals surface area contributed by atoms with Gasteiger partial charge in [-0.15, -0.1) is 0 Å². The molecule has 6 N–H and O–H groups in total. The zero-order valence-electron chi connectivity index (χ0n) is 16.3. The molecule has 5 unspecified atom stereocenters. The third kappa shape index (κ3) is 7.38. The van der Waals surface area contributed by atoms with Crippen molar-refractivity contribution in [2.75, 3.05) is 0 Å². The highest BCUT2D eigenvalue weighted by Crippen LogP contribution is 2.10. The lowest BCUT2D eigenvalue weighted by molar-refractivity contribution is -0.142. The zero-order valence-corrected chi connectivity index (χ0v) is 16.3. The lowest BCUT2D eigenvalue weighted by atomic mass is 9.96. The largest absolute Gasteiger partial charge is 0.480 e. The summed E-state index contributed by atoms with van der Waals surface area (Å²) in [6.07, 6.45) is 0.631. The van der Waals surface area contributed by atoms with Crippen LogP contribution in [0.3, 0.4) is 0 Å². The summed E-state index contributed by atoms with van der Waals surface area (Å²) < 4.78 is 0. The maximum atomic E-state index is 12.7. The molecular formula is C17H32N4O5. The van der Waals surface area contributed by atoms with Crippen LogP contribution < -0.4 is 21.7 Å². The van der Waals surface area contributed by atoms with E-state index in [1.54, 1.807) is 13.8 Å². The van der Waals surface area contributed by atoms with Gasteiger partial charge < -0.3 is 26.8 Å². The molecule has 9 nitrogen and oxygen atoms in total. The summed E-state index contributed by atoms with van der Waals surface area (Å²) in [5.41, 5.74) is 5.54. The van der Waals surface area contributed by atoms with E-state index in [0.29, 0.717) is 6.42 Å². The Labute approximate surface area is 154 Å². The Morgan fingerprint density at radius 1 is 0.846 bits per heavy atom. The van der Waals surface area contributed by atoms with E-state index >= 15 is 0 Å². The number of carbonyl (C=O) groups excluding carboxylic acids is 3. The summed E-state index contributed by atoms with van der Waals surface area (Å²) in [5.74, 6) is -3.19. The summed E-state index contributed by atoms with van der Waals surface area (Å²) in [5, 5.41) is 16.5. The molecular weight excluding hydrogens is 340 g/mol. The highest BCUT2D eigenvalue weighted by atomic mass is 16.4. The van der Waals surface area contributed by atoms with Gasteiger partial charge in [0.15, 0.2) is 0 Å². The fourth-order valence-electron chi connectivity index (χ4n) is 2.13. The standard InChI is InChI=1S/C17H32N4O5/c1-7-9(4)13(21-14(22)10(5)18)16(24)20-12(8(2)3)15(23)19-11(6)17(25)26/h8-13H,7,18H2,1-6H3,(H,19,23)(H,20,24)(H,21,22)(H,25,26). The van der Waals surface area contributed by atoms with Crippen LogP contribution >= 0.6 is 0 Å². The molecule has 0 aromatic rings. The predicted molar refractivity (Wildman–Crippen MR) is 97.0 cm³/mol. The number of carboxylic acids is 1. The number of rotatable bonds is 10. The molecule has 0 radical (unpaired) electrons. The van der Waals surface area contributed by atoms with Gasteiger partial charge in [0, 0.05) is 0 Å². The summed E-state index contributed by atoms with van der Waals surface area (Å²) in [7, 11) is 0. The van der Waals surface area contributed by atoms with E-state index in [1.807, 2.05) is 13.8 Å². The maximum absolute atomic E-state index is 12.7. The fraction of sp³-hybridized carbons (Fsp3) is 0.765. The number of nitrogens with two attached hydrogens (primary N) is 1. The third-order valence-corrected chi connectivity index (χ3v) is 4.18. The molecule has 5 atom stereocenters. The highest BCUT2D eigenvalue weighted by molar-refractivity contribution is 5.94. The molecule has 150 valence electrons. The second-order valence-corrected chi connectivity index (χ2v) is 6.96. The average molecular weight is 372 g/mol. The van der Waals surface area contributed by atoms with Crippen LogP contribution in [-0.4, -0.2) is 53.0 Å². The SMILES string of the molecule is CCC(C)C(NC(=O)C(C)N)C(=O)NC(C(=O)NC(C)C(=O)O)C(C)C. The van der Waals surface area contributed by atoms with Gasteiger partial charge in [-0.1, -0.05) is 34.1 Å². The molecule has 0 rings (SSSR count). The smallest absolute Gasteiger partial charge is 0.325 e. The van der Waals surface area contributed by atoms with Crippen molar-refractivity contribution in [3.63, 3.8) is 0 Å². The van der Waals surface area contributed by atoms with E-state index < -0.39 is 47.9 Å². The predicted octanol–water partition coefficient (Wildman–Crippen LogP) is -0.405. The van der Waals surface area contributed by atoms with Gasteiger partial charge >= 0.3 is 5.97 Å². The number of amides is 3. The van der Waals surface area contributed by atoms with Gasteiger partial charge in [0.1, 0.15) is 18.1 Å². The molecule has 0 fully saturated rings. The van der Waals surface area contributed by atoms with Gasteiger partial charge in [0.2, 0.25) is 17.7 Å². The lowest BCUT2D eigenvalue weighted by Crippen LogP contribution is -2.59. The van der Waals surface area contributed by atoms with Crippen LogP contribution in [0.25, 0.3) is 0 Å². The first-order chi connectivity index (χ1) is 11.9. The van der Waals surface area contributed by atoms with E-state index in [2.05, 4.69) is 16.0 Å².